The maximum Gasteiger partial charge on any atom is 0.261 e. The molecule has 0 fully saturated rings. The van der Waals surface area contributed by atoms with Crippen LogP contribution < -0.4 is 10.2 Å². The number of nitrogens with zero attached hydrogens (tertiary/aromatic N) is 2. The lowest BCUT2D eigenvalue weighted by atomic mass is 10.1. The van der Waals surface area contributed by atoms with Crippen molar-refractivity contribution >= 4 is 27.5 Å². The van der Waals surface area contributed by atoms with Crippen LogP contribution in [0.1, 0.15) is 32.1 Å². The van der Waals surface area contributed by atoms with Gasteiger partial charge < -0.3 is 10.2 Å². The van der Waals surface area contributed by atoms with E-state index in [4.69, 9.17) is 0 Å². The molecule has 0 aliphatic carbocycles. The number of carbonyl (C=O) groups excluding carboxylic acids is 1. The first-order chi connectivity index (χ1) is 14.5. The molecule has 0 aliphatic rings. The van der Waals surface area contributed by atoms with Crippen molar-refractivity contribution in [3.63, 3.8) is 0 Å². The maximum absolute atomic E-state index is 12.9. The van der Waals surface area contributed by atoms with Crippen molar-refractivity contribution in [1.82, 2.24) is 15.1 Å². The van der Waals surface area contributed by atoms with Gasteiger partial charge in [-0.05, 0) is 24.1 Å². The zero-order valence-electron chi connectivity index (χ0n) is 17.6. The van der Waals surface area contributed by atoms with Crippen LogP contribution in [0.4, 0.5) is 0 Å². The van der Waals surface area contributed by atoms with E-state index in [1.807, 2.05) is 41.9 Å². The van der Waals surface area contributed by atoms with Gasteiger partial charge in [0.1, 0.15) is 11.4 Å². The van der Waals surface area contributed by atoms with Crippen LogP contribution >= 0.6 is 11.3 Å². The summed E-state index contributed by atoms with van der Waals surface area (Å²) in [5.41, 5.74) is 4.58. The van der Waals surface area contributed by atoms with Crippen molar-refractivity contribution in [1.29, 1.82) is 0 Å². The van der Waals surface area contributed by atoms with Crippen LogP contribution in [-0.2, 0) is 19.6 Å². The molecule has 1 amide bonds. The monoisotopic (exact) mass is 419 g/mol. The first-order valence-electron chi connectivity index (χ1n) is 10.2. The number of hydrogen-bond donors (Lipinski definition) is 2. The highest BCUT2D eigenvalue weighted by atomic mass is 32.1. The Bertz CT molecular complexity index is 1160. The molecular weight excluding hydrogens is 392 g/mol. The van der Waals surface area contributed by atoms with Gasteiger partial charge in [-0.2, -0.15) is 5.10 Å². The van der Waals surface area contributed by atoms with E-state index in [2.05, 4.69) is 54.8 Å². The van der Waals surface area contributed by atoms with Gasteiger partial charge in [0.05, 0.1) is 31.2 Å². The smallest absolute Gasteiger partial charge is 0.261 e. The van der Waals surface area contributed by atoms with E-state index in [0.29, 0.717) is 13.1 Å². The summed E-state index contributed by atoms with van der Waals surface area (Å²) >= 11 is 1.51. The van der Waals surface area contributed by atoms with E-state index in [9.17, 15) is 4.79 Å². The highest BCUT2D eigenvalue weighted by Crippen LogP contribution is 2.29. The number of aryl methyl sites for hydroxylation is 1. The van der Waals surface area contributed by atoms with Crippen LogP contribution in [0.25, 0.3) is 10.2 Å². The van der Waals surface area contributed by atoms with Gasteiger partial charge in [0.15, 0.2) is 0 Å². The average molecular weight is 420 g/mol. The van der Waals surface area contributed by atoms with Crippen molar-refractivity contribution < 1.29 is 9.69 Å². The zero-order valence-corrected chi connectivity index (χ0v) is 18.4. The summed E-state index contributed by atoms with van der Waals surface area (Å²) in [7, 11) is 4.27. The highest BCUT2D eigenvalue weighted by molar-refractivity contribution is 7.20. The van der Waals surface area contributed by atoms with E-state index in [1.54, 1.807) is 0 Å². The third-order valence-corrected chi connectivity index (χ3v) is 6.26. The van der Waals surface area contributed by atoms with Crippen LogP contribution in [0, 0.1) is 6.92 Å². The van der Waals surface area contributed by atoms with Gasteiger partial charge in [-0.1, -0.05) is 54.6 Å². The Morgan fingerprint density at radius 2 is 1.77 bits per heavy atom. The number of hydrogen-bond acceptors (Lipinski definition) is 3. The molecule has 0 saturated heterocycles. The number of aromatic nitrogens is 2. The lowest BCUT2D eigenvalue weighted by Crippen LogP contribution is -3.04. The topological polar surface area (TPSA) is 51.4 Å². The third kappa shape index (κ3) is 4.45. The SMILES string of the molecule is Cc1nn(Cc2ccccc2)c2sc(C(=O)NCc3ccccc3C[NH+](C)C)cc12. The Labute approximate surface area is 181 Å². The van der Waals surface area contributed by atoms with Gasteiger partial charge in [0.25, 0.3) is 5.91 Å². The number of benzene rings is 2. The van der Waals surface area contributed by atoms with Crippen LogP contribution in [0.5, 0.6) is 0 Å². The van der Waals surface area contributed by atoms with Gasteiger partial charge in [0.2, 0.25) is 0 Å². The van der Waals surface area contributed by atoms with Crippen LogP contribution in [-0.4, -0.2) is 29.8 Å². The molecule has 2 aromatic carbocycles. The second-order valence-electron chi connectivity index (χ2n) is 7.89. The van der Waals surface area contributed by atoms with Crippen molar-refractivity contribution in [2.45, 2.75) is 26.6 Å². The molecule has 0 aliphatic heterocycles. The maximum atomic E-state index is 12.9. The van der Waals surface area contributed by atoms with E-state index < -0.39 is 0 Å². The van der Waals surface area contributed by atoms with Crippen molar-refractivity contribution in [3.8, 4) is 0 Å². The van der Waals surface area contributed by atoms with E-state index in [1.165, 1.54) is 32.9 Å². The first kappa shape index (κ1) is 20.3. The van der Waals surface area contributed by atoms with Crippen LogP contribution in [0.2, 0.25) is 0 Å². The molecule has 0 bridgehead atoms. The fraction of sp³-hybridized carbons (Fsp3) is 0.250. The average Bonchev–Trinajstić information content (AvgIpc) is 3.29. The molecule has 0 spiro atoms. The van der Waals surface area contributed by atoms with Crippen molar-refractivity contribution in [2.75, 3.05) is 14.1 Å². The Kier molecular flexibility index (Phi) is 5.97. The van der Waals surface area contributed by atoms with Gasteiger partial charge in [-0.25, -0.2) is 0 Å². The lowest BCUT2D eigenvalue weighted by molar-refractivity contribution is -0.872. The standard InChI is InChI=1S/C24H26N4OS/c1-17-21-13-22(30-24(21)28(26-17)15-18-9-5-4-6-10-18)23(29)25-14-19-11-7-8-12-20(19)16-27(2)3/h4-13H,14-16H2,1-3H3,(H,25,29)/p+1. The van der Waals surface area contributed by atoms with Gasteiger partial charge >= 0.3 is 0 Å². The predicted molar refractivity (Wildman–Crippen MR) is 122 cm³/mol. The minimum Gasteiger partial charge on any atom is -0.347 e. The third-order valence-electron chi connectivity index (χ3n) is 5.11. The molecule has 0 unspecified atom stereocenters. The predicted octanol–water partition coefficient (Wildman–Crippen LogP) is 3.03. The number of carbonyl (C=O) groups is 1. The molecule has 4 rings (SSSR count). The molecule has 0 saturated carbocycles. The van der Waals surface area contributed by atoms with Crippen molar-refractivity contribution in [3.05, 3.63) is 87.9 Å². The lowest BCUT2D eigenvalue weighted by Gasteiger charge is -2.12. The summed E-state index contributed by atoms with van der Waals surface area (Å²) in [6.07, 6.45) is 0. The van der Waals surface area contributed by atoms with Crippen LogP contribution in [0.15, 0.2) is 60.7 Å². The van der Waals surface area contributed by atoms with E-state index >= 15 is 0 Å². The molecular formula is C24H27N4OS+. The fourth-order valence-corrected chi connectivity index (χ4v) is 4.71. The summed E-state index contributed by atoms with van der Waals surface area (Å²) in [5.74, 6) is -0.0335. The molecule has 30 heavy (non-hydrogen) atoms. The Morgan fingerprint density at radius 1 is 1.07 bits per heavy atom. The molecule has 2 heterocycles. The number of nitrogens with one attached hydrogen (secondary N) is 2. The molecule has 5 nitrogen and oxygen atoms in total. The molecule has 154 valence electrons. The Morgan fingerprint density at radius 3 is 2.50 bits per heavy atom. The Hall–Kier alpha value is -2.96. The molecule has 2 aromatic heterocycles. The second-order valence-corrected chi connectivity index (χ2v) is 8.92. The number of amides is 1. The summed E-state index contributed by atoms with van der Waals surface area (Å²) in [6.45, 7) is 4.17. The number of thiophene rings is 1. The van der Waals surface area contributed by atoms with Gasteiger partial charge in [-0.15, -0.1) is 11.3 Å². The summed E-state index contributed by atoms with van der Waals surface area (Å²) in [5, 5.41) is 8.83. The first-order valence-corrected chi connectivity index (χ1v) is 11.0. The minimum atomic E-state index is -0.0335. The molecule has 6 heteroatoms. The number of rotatable bonds is 7. The van der Waals surface area contributed by atoms with Crippen molar-refractivity contribution in [2.24, 2.45) is 0 Å². The summed E-state index contributed by atoms with van der Waals surface area (Å²) in [4.78, 5) is 16.0. The van der Waals surface area contributed by atoms with E-state index in [0.717, 1.165) is 27.3 Å². The van der Waals surface area contributed by atoms with E-state index in [-0.39, 0.29) is 5.91 Å². The Balaban J connectivity index is 1.51. The quantitative estimate of drug-likeness (QED) is 0.484. The number of quaternary nitrogens is 1. The largest absolute Gasteiger partial charge is 0.347 e. The normalized spacial score (nSPS) is 11.3. The molecule has 0 radical (unpaired) electrons. The molecule has 4 aromatic rings. The van der Waals surface area contributed by atoms with Gasteiger partial charge in [0, 0.05) is 17.5 Å². The van der Waals surface area contributed by atoms with Crippen LogP contribution in [0.3, 0.4) is 0 Å². The minimum absolute atomic E-state index is 0.0335. The molecule has 0 atom stereocenters. The summed E-state index contributed by atoms with van der Waals surface area (Å²) in [6, 6.07) is 20.5. The second kappa shape index (κ2) is 8.81. The molecule has 2 N–H and O–H groups in total. The van der Waals surface area contributed by atoms with Gasteiger partial charge in [-0.3, -0.25) is 9.48 Å². The summed E-state index contributed by atoms with van der Waals surface area (Å²) < 4.78 is 2.00. The highest BCUT2D eigenvalue weighted by Gasteiger charge is 2.17. The number of fused-ring (bicyclic) bond motifs is 1. The zero-order chi connectivity index (χ0) is 21.1. The fourth-order valence-electron chi connectivity index (χ4n) is 3.63.